The molecular formula is C18H22F2N4O3. The average molecular weight is 380 g/mol. The van der Waals surface area contributed by atoms with Gasteiger partial charge in [-0.2, -0.15) is 0 Å². The van der Waals surface area contributed by atoms with Crippen molar-refractivity contribution in [3.8, 4) is 0 Å². The molecular weight excluding hydrogens is 358 g/mol. The first-order chi connectivity index (χ1) is 12.8. The number of hydrogen-bond acceptors (Lipinski definition) is 5. The lowest BCUT2D eigenvalue weighted by Crippen LogP contribution is -2.52. The van der Waals surface area contributed by atoms with Crippen molar-refractivity contribution < 1.29 is 23.2 Å². The van der Waals surface area contributed by atoms with E-state index in [1.54, 1.807) is 6.07 Å². The molecule has 27 heavy (non-hydrogen) atoms. The lowest BCUT2D eigenvalue weighted by Gasteiger charge is -2.29. The molecule has 0 aromatic heterocycles. The number of alkyl halides is 2. The summed E-state index contributed by atoms with van der Waals surface area (Å²) in [5, 5.41) is 5.19. The van der Waals surface area contributed by atoms with Crippen molar-refractivity contribution in [2.45, 2.75) is 44.3 Å². The van der Waals surface area contributed by atoms with Crippen LogP contribution in [0.5, 0.6) is 0 Å². The van der Waals surface area contributed by atoms with Crippen LogP contribution in [0, 0.1) is 0 Å². The smallest absolute Gasteiger partial charge is 0.261 e. The first kappa shape index (κ1) is 19.4. The molecule has 1 saturated heterocycles. The Kier molecular flexibility index (Phi) is 5.52. The number of nitrogens with one attached hydrogen (secondary N) is 2. The Hall–Kier alpha value is -2.39. The fraction of sp³-hybridized carbons (Fsp3) is 0.500. The van der Waals surface area contributed by atoms with E-state index in [2.05, 4.69) is 10.6 Å². The average Bonchev–Trinajstić information content (AvgIpc) is 2.95. The third kappa shape index (κ3) is 4.30. The molecule has 0 saturated carbocycles. The van der Waals surface area contributed by atoms with Gasteiger partial charge in [-0.25, -0.2) is 8.78 Å². The van der Waals surface area contributed by atoms with Gasteiger partial charge >= 0.3 is 0 Å². The van der Waals surface area contributed by atoms with Crippen LogP contribution < -0.4 is 16.4 Å². The molecule has 2 aliphatic heterocycles. The first-order valence-electron chi connectivity index (χ1n) is 8.86. The number of halogens is 2. The quantitative estimate of drug-likeness (QED) is 0.473. The predicted octanol–water partition coefficient (Wildman–Crippen LogP) is 0.521. The molecule has 0 spiro atoms. The van der Waals surface area contributed by atoms with Gasteiger partial charge in [0, 0.05) is 38.0 Å². The second-order valence-corrected chi connectivity index (χ2v) is 6.88. The summed E-state index contributed by atoms with van der Waals surface area (Å²) in [7, 11) is 0. The maximum Gasteiger partial charge on any atom is 0.261 e. The summed E-state index contributed by atoms with van der Waals surface area (Å²) in [6.45, 7) is 0.0896. The number of rotatable bonds is 7. The monoisotopic (exact) mass is 380 g/mol. The van der Waals surface area contributed by atoms with Crippen molar-refractivity contribution in [1.82, 2.24) is 15.5 Å². The second kappa shape index (κ2) is 7.69. The molecule has 2 aliphatic rings. The second-order valence-electron chi connectivity index (χ2n) is 6.88. The van der Waals surface area contributed by atoms with Crippen LogP contribution in [0.15, 0.2) is 18.2 Å². The molecule has 0 aliphatic carbocycles. The SMILES string of the molecule is NCC(F)(F)CCNCc1ccc2c(c1)C(=O)N(C1CCC(=O)NC1=O)C2. The van der Waals surface area contributed by atoms with Gasteiger partial charge in [0.25, 0.3) is 11.8 Å². The summed E-state index contributed by atoms with van der Waals surface area (Å²) in [5.74, 6) is -3.91. The highest BCUT2D eigenvalue weighted by atomic mass is 19.3. The largest absolute Gasteiger partial charge is 0.325 e. The molecule has 1 atom stereocenters. The number of benzene rings is 1. The zero-order valence-electron chi connectivity index (χ0n) is 14.8. The molecule has 4 N–H and O–H groups in total. The fourth-order valence-electron chi connectivity index (χ4n) is 3.32. The summed E-state index contributed by atoms with van der Waals surface area (Å²) in [6, 6.07) is 4.71. The van der Waals surface area contributed by atoms with E-state index >= 15 is 0 Å². The molecule has 3 rings (SSSR count). The van der Waals surface area contributed by atoms with Crippen LogP contribution in [-0.4, -0.2) is 47.7 Å². The van der Waals surface area contributed by atoms with Crippen molar-refractivity contribution in [3.05, 3.63) is 34.9 Å². The lowest BCUT2D eigenvalue weighted by atomic mass is 10.0. The summed E-state index contributed by atoms with van der Waals surface area (Å²) < 4.78 is 26.2. The Morgan fingerprint density at radius 3 is 2.78 bits per heavy atom. The van der Waals surface area contributed by atoms with Gasteiger partial charge in [-0.05, 0) is 23.6 Å². The summed E-state index contributed by atoms with van der Waals surface area (Å²) in [6.07, 6.45) is 0.171. The van der Waals surface area contributed by atoms with Gasteiger partial charge in [-0.15, -0.1) is 0 Å². The van der Waals surface area contributed by atoms with Gasteiger partial charge in [-0.1, -0.05) is 12.1 Å². The number of amides is 3. The number of hydrogen-bond donors (Lipinski definition) is 3. The zero-order valence-corrected chi connectivity index (χ0v) is 14.8. The maximum absolute atomic E-state index is 13.1. The van der Waals surface area contributed by atoms with Crippen LogP contribution in [0.2, 0.25) is 0 Å². The summed E-state index contributed by atoms with van der Waals surface area (Å²) >= 11 is 0. The molecule has 3 amide bonds. The maximum atomic E-state index is 13.1. The van der Waals surface area contributed by atoms with E-state index in [-0.39, 0.29) is 31.2 Å². The van der Waals surface area contributed by atoms with Gasteiger partial charge in [-0.3, -0.25) is 19.7 Å². The number of nitrogens with zero attached hydrogens (tertiary/aromatic N) is 1. The van der Waals surface area contributed by atoms with E-state index in [0.29, 0.717) is 25.1 Å². The van der Waals surface area contributed by atoms with Crippen molar-refractivity contribution in [2.24, 2.45) is 5.73 Å². The minimum atomic E-state index is -2.89. The van der Waals surface area contributed by atoms with E-state index < -0.39 is 24.4 Å². The topological polar surface area (TPSA) is 105 Å². The minimum Gasteiger partial charge on any atom is -0.325 e. The Bertz CT molecular complexity index is 769. The number of fused-ring (bicyclic) bond motifs is 1. The summed E-state index contributed by atoms with van der Waals surface area (Å²) in [5.41, 5.74) is 7.11. The lowest BCUT2D eigenvalue weighted by molar-refractivity contribution is -0.136. The van der Waals surface area contributed by atoms with Crippen molar-refractivity contribution in [2.75, 3.05) is 13.1 Å². The zero-order chi connectivity index (χ0) is 19.6. The molecule has 0 bridgehead atoms. The first-order valence-corrected chi connectivity index (χ1v) is 8.86. The molecule has 7 nitrogen and oxygen atoms in total. The molecule has 1 unspecified atom stereocenters. The molecule has 0 radical (unpaired) electrons. The van der Waals surface area contributed by atoms with E-state index in [1.807, 2.05) is 12.1 Å². The predicted molar refractivity (Wildman–Crippen MR) is 92.8 cm³/mol. The Morgan fingerprint density at radius 1 is 1.30 bits per heavy atom. The minimum absolute atomic E-state index is 0.109. The highest BCUT2D eigenvalue weighted by molar-refractivity contribution is 6.05. The normalized spacial score (nSPS) is 20.0. The molecule has 146 valence electrons. The number of imide groups is 1. The number of nitrogens with two attached hydrogens (primary N) is 1. The standard InChI is InChI=1S/C18H22F2N4O3/c19-18(20,10-21)5-6-22-8-11-1-2-12-9-24(17(27)13(12)7-11)14-3-4-15(25)23-16(14)26/h1-2,7,14,22H,3-6,8-10,21H2,(H,23,25,26). The Morgan fingerprint density at radius 2 is 2.07 bits per heavy atom. The van der Waals surface area contributed by atoms with Gasteiger partial charge in [0.2, 0.25) is 11.8 Å². The van der Waals surface area contributed by atoms with Crippen LogP contribution in [0.25, 0.3) is 0 Å². The fourth-order valence-corrected chi connectivity index (χ4v) is 3.32. The van der Waals surface area contributed by atoms with Crippen molar-refractivity contribution in [3.63, 3.8) is 0 Å². The molecule has 1 aromatic rings. The van der Waals surface area contributed by atoms with Crippen LogP contribution in [0.1, 0.15) is 40.7 Å². The van der Waals surface area contributed by atoms with Crippen LogP contribution in [0.4, 0.5) is 8.78 Å². The highest BCUT2D eigenvalue weighted by Gasteiger charge is 2.39. The summed E-state index contributed by atoms with van der Waals surface area (Å²) in [4.78, 5) is 37.5. The van der Waals surface area contributed by atoms with Gasteiger partial charge in [0.05, 0.1) is 6.54 Å². The van der Waals surface area contributed by atoms with Gasteiger partial charge in [0.15, 0.2) is 0 Å². The van der Waals surface area contributed by atoms with Crippen molar-refractivity contribution in [1.29, 1.82) is 0 Å². The van der Waals surface area contributed by atoms with Gasteiger partial charge < -0.3 is 16.0 Å². The third-order valence-electron chi connectivity index (χ3n) is 4.89. The Balaban J connectivity index is 1.61. The molecule has 1 fully saturated rings. The number of carbonyl (C=O) groups excluding carboxylic acids is 3. The Labute approximate surface area is 155 Å². The molecule has 2 heterocycles. The molecule has 9 heteroatoms. The van der Waals surface area contributed by atoms with Gasteiger partial charge in [0.1, 0.15) is 6.04 Å². The van der Waals surface area contributed by atoms with Crippen molar-refractivity contribution >= 4 is 17.7 Å². The number of carbonyl (C=O) groups is 3. The van der Waals surface area contributed by atoms with Crippen LogP contribution >= 0.6 is 0 Å². The third-order valence-corrected chi connectivity index (χ3v) is 4.89. The molecule has 1 aromatic carbocycles. The van der Waals surface area contributed by atoms with E-state index in [4.69, 9.17) is 5.73 Å². The van der Waals surface area contributed by atoms with Crippen LogP contribution in [-0.2, 0) is 22.7 Å². The van der Waals surface area contributed by atoms with E-state index in [0.717, 1.165) is 11.1 Å². The highest BCUT2D eigenvalue weighted by Crippen LogP contribution is 2.28. The van der Waals surface area contributed by atoms with E-state index in [9.17, 15) is 23.2 Å². The van der Waals surface area contributed by atoms with E-state index in [1.165, 1.54) is 4.90 Å². The van der Waals surface area contributed by atoms with Crippen LogP contribution in [0.3, 0.4) is 0 Å². The number of piperidine rings is 1.